The predicted molar refractivity (Wildman–Crippen MR) is 75.0 cm³/mol. The Morgan fingerprint density at radius 1 is 1.28 bits per heavy atom. The average Bonchev–Trinajstić information content (AvgIpc) is 2.84. The summed E-state index contributed by atoms with van der Waals surface area (Å²) < 4.78 is 5.36. The van der Waals surface area contributed by atoms with Crippen LogP contribution in [0.3, 0.4) is 0 Å². The van der Waals surface area contributed by atoms with Crippen LogP contribution >= 0.6 is 11.6 Å². The van der Waals surface area contributed by atoms with Gasteiger partial charge in [-0.1, -0.05) is 17.7 Å². The number of furan rings is 1. The molecule has 0 saturated heterocycles. The van der Waals surface area contributed by atoms with Crippen molar-refractivity contribution in [3.05, 3.63) is 52.9 Å². The van der Waals surface area contributed by atoms with E-state index in [1.165, 1.54) is 0 Å². The highest BCUT2D eigenvalue weighted by molar-refractivity contribution is 6.31. The van der Waals surface area contributed by atoms with Crippen LogP contribution in [0.2, 0.25) is 5.02 Å². The first-order chi connectivity index (χ1) is 8.72. The SMILES string of the molecule is CN(Cc1ccco1)c1cccc(Cl)c1CCN. The summed E-state index contributed by atoms with van der Waals surface area (Å²) in [6.07, 6.45) is 2.46. The summed E-state index contributed by atoms with van der Waals surface area (Å²) in [6, 6.07) is 9.76. The van der Waals surface area contributed by atoms with Crippen molar-refractivity contribution in [2.24, 2.45) is 5.73 Å². The van der Waals surface area contributed by atoms with E-state index in [0.29, 0.717) is 13.1 Å². The van der Waals surface area contributed by atoms with Gasteiger partial charge in [0.15, 0.2) is 0 Å². The highest BCUT2D eigenvalue weighted by Crippen LogP contribution is 2.28. The zero-order valence-electron chi connectivity index (χ0n) is 10.4. The molecule has 1 aromatic carbocycles. The number of hydrogen-bond acceptors (Lipinski definition) is 3. The van der Waals surface area contributed by atoms with E-state index in [4.69, 9.17) is 21.8 Å². The summed E-state index contributed by atoms with van der Waals surface area (Å²) >= 11 is 6.23. The van der Waals surface area contributed by atoms with Crippen molar-refractivity contribution in [1.29, 1.82) is 0 Å². The minimum Gasteiger partial charge on any atom is -0.467 e. The Morgan fingerprint density at radius 2 is 2.11 bits per heavy atom. The molecule has 2 rings (SSSR count). The molecule has 0 aliphatic carbocycles. The molecular formula is C14H17ClN2O. The van der Waals surface area contributed by atoms with Gasteiger partial charge in [0.2, 0.25) is 0 Å². The molecule has 0 aliphatic heterocycles. The molecule has 0 aliphatic rings. The average molecular weight is 265 g/mol. The third kappa shape index (κ3) is 2.86. The molecule has 18 heavy (non-hydrogen) atoms. The van der Waals surface area contributed by atoms with Crippen LogP contribution in [0, 0.1) is 0 Å². The van der Waals surface area contributed by atoms with Crippen molar-refractivity contribution >= 4 is 17.3 Å². The number of nitrogens with zero attached hydrogens (tertiary/aromatic N) is 1. The van der Waals surface area contributed by atoms with Crippen LogP contribution in [0.4, 0.5) is 5.69 Å². The first-order valence-electron chi connectivity index (χ1n) is 5.93. The fraction of sp³-hybridized carbons (Fsp3) is 0.286. The number of nitrogens with two attached hydrogens (primary N) is 1. The summed E-state index contributed by atoms with van der Waals surface area (Å²) in [5, 5.41) is 0.768. The molecule has 0 radical (unpaired) electrons. The van der Waals surface area contributed by atoms with Gasteiger partial charge in [0, 0.05) is 17.8 Å². The quantitative estimate of drug-likeness (QED) is 0.903. The summed E-state index contributed by atoms with van der Waals surface area (Å²) in [4.78, 5) is 2.12. The third-order valence-electron chi connectivity index (χ3n) is 2.87. The lowest BCUT2D eigenvalue weighted by Gasteiger charge is -2.22. The Hall–Kier alpha value is -1.45. The van der Waals surface area contributed by atoms with Gasteiger partial charge in [-0.25, -0.2) is 0 Å². The molecule has 0 amide bonds. The smallest absolute Gasteiger partial charge is 0.123 e. The fourth-order valence-corrected chi connectivity index (χ4v) is 2.28. The van der Waals surface area contributed by atoms with Gasteiger partial charge in [0.05, 0.1) is 12.8 Å². The van der Waals surface area contributed by atoms with Crippen molar-refractivity contribution in [3.63, 3.8) is 0 Å². The maximum atomic E-state index is 6.23. The third-order valence-corrected chi connectivity index (χ3v) is 3.23. The highest BCUT2D eigenvalue weighted by atomic mass is 35.5. The molecular weight excluding hydrogens is 248 g/mol. The van der Waals surface area contributed by atoms with E-state index in [-0.39, 0.29) is 0 Å². The predicted octanol–water partition coefficient (Wildman–Crippen LogP) is 3.07. The number of halogens is 1. The minimum absolute atomic E-state index is 0.589. The number of hydrogen-bond donors (Lipinski definition) is 1. The second kappa shape index (κ2) is 5.94. The monoisotopic (exact) mass is 264 g/mol. The molecule has 0 atom stereocenters. The van der Waals surface area contributed by atoms with Crippen LogP contribution in [0.1, 0.15) is 11.3 Å². The van der Waals surface area contributed by atoms with Crippen LogP contribution in [0.15, 0.2) is 41.0 Å². The van der Waals surface area contributed by atoms with Gasteiger partial charge in [0.1, 0.15) is 5.76 Å². The first kappa shape index (κ1) is 13.0. The van der Waals surface area contributed by atoms with E-state index in [9.17, 15) is 0 Å². The fourth-order valence-electron chi connectivity index (χ4n) is 2.02. The maximum absolute atomic E-state index is 6.23. The molecule has 2 aromatic rings. The van der Waals surface area contributed by atoms with E-state index >= 15 is 0 Å². The Labute approximate surface area is 112 Å². The number of anilines is 1. The molecule has 0 fully saturated rings. The van der Waals surface area contributed by atoms with Crippen molar-refractivity contribution in [3.8, 4) is 0 Å². The largest absolute Gasteiger partial charge is 0.467 e. The van der Waals surface area contributed by atoms with Gasteiger partial charge >= 0.3 is 0 Å². The van der Waals surface area contributed by atoms with E-state index < -0.39 is 0 Å². The van der Waals surface area contributed by atoms with Gasteiger partial charge < -0.3 is 15.1 Å². The molecule has 4 heteroatoms. The lowest BCUT2D eigenvalue weighted by atomic mass is 10.1. The minimum atomic E-state index is 0.589. The Kier molecular flexibility index (Phi) is 4.28. The Morgan fingerprint density at radius 3 is 2.78 bits per heavy atom. The van der Waals surface area contributed by atoms with E-state index in [1.807, 2.05) is 31.3 Å². The van der Waals surface area contributed by atoms with Crippen molar-refractivity contribution in [2.75, 3.05) is 18.5 Å². The van der Waals surface area contributed by atoms with Crippen LogP contribution in [0.25, 0.3) is 0 Å². The zero-order chi connectivity index (χ0) is 13.0. The molecule has 2 N–H and O–H groups in total. The first-order valence-corrected chi connectivity index (χ1v) is 6.31. The van der Waals surface area contributed by atoms with Gasteiger partial charge in [-0.05, 0) is 42.8 Å². The number of benzene rings is 1. The molecule has 0 saturated carbocycles. The van der Waals surface area contributed by atoms with Gasteiger partial charge in [-0.3, -0.25) is 0 Å². The maximum Gasteiger partial charge on any atom is 0.123 e. The lowest BCUT2D eigenvalue weighted by Crippen LogP contribution is -2.18. The Balaban J connectivity index is 2.23. The second-order valence-corrected chi connectivity index (χ2v) is 4.62. The topological polar surface area (TPSA) is 42.4 Å². The van der Waals surface area contributed by atoms with Crippen molar-refractivity contribution < 1.29 is 4.42 Å². The van der Waals surface area contributed by atoms with Crippen molar-refractivity contribution in [1.82, 2.24) is 0 Å². The molecule has 0 unspecified atom stereocenters. The molecule has 0 bridgehead atoms. The molecule has 0 spiro atoms. The summed E-state index contributed by atoms with van der Waals surface area (Å²) in [7, 11) is 2.02. The summed E-state index contributed by atoms with van der Waals surface area (Å²) in [6.45, 7) is 1.30. The van der Waals surface area contributed by atoms with Gasteiger partial charge in [-0.2, -0.15) is 0 Å². The molecule has 96 valence electrons. The zero-order valence-corrected chi connectivity index (χ0v) is 11.2. The van der Waals surface area contributed by atoms with Crippen LogP contribution < -0.4 is 10.6 Å². The number of rotatable bonds is 5. The van der Waals surface area contributed by atoms with Gasteiger partial charge in [0.25, 0.3) is 0 Å². The van der Waals surface area contributed by atoms with Crippen LogP contribution in [-0.2, 0) is 13.0 Å². The summed E-state index contributed by atoms with van der Waals surface area (Å²) in [5.41, 5.74) is 7.83. The van der Waals surface area contributed by atoms with Crippen LogP contribution in [-0.4, -0.2) is 13.6 Å². The lowest BCUT2D eigenvalue weighted by molar-refractivity contribution is 0.507. The van der Waals surface area contributed by atoms with E-state index in [2.05, 4.69) is 11.0 Å². The second-order valence-electron chi connectivity index (χ2n) is 4.21. The summed E-state index contributed by atoms with van der Waals surface area (Å²) in [5.74, 6) is 0.927. The van der Waals surface area contributed by atoms with E-state index in [1.54, 1.807) is 6.26 Å². The van der Waals surface area contributed by atoms with Gasteiger partial charge in [-0.15, -0.1) is 0 Å². The highest BCUT2D eigenvalue weighted by Gasteiger charge is 2.11. The van der Waals surface area contributed by atoms with Crippen LogP contribution in [0.5, 0.6) is 0 Å². The Bertz CT molecular complexity index is 497. The van der Waals surface area contributed by atoms with E-state index in [0.717, 1.165) is 28.5 Å². The molecule has 1 aromatic heterocycles. The molecule has 3 nitrogen and oxygen atoms in total. The standard InChI is InChI=1S/C14H17ClN2O/c1-17(10-11-4-3-9-18-11)14-6-2-5-13(15)12(14)7-8-16/h2-6,9H,7-8,10,16H2,1H3. The van der Waals surface area contributed by atoms with Crippen molar-refractivity contribution in [2.45, 2.75) is 13.0 Å². The molecule has 1 heterocycles. The normalized spacial score (nSPS) is 10.6.